The Morgan fingerprint density at radius 3 is 2.24 bits per heavy atom. The van der Waals surface area contributed by atoms with Gasteiger partial charge in [-0.05, 0) is 24.0 Å². The predicted octanol–water partition coefficient (Wildman–Crippen LogP) is 4.37. The molecule has 0 aliphatic rings. The zero-order valence-corrected chi connectivity index (χ0v) is 10.7. The highest BCUT2D eigenvalue weighted by Gasteiger charge is 2.19. The fraction of sp³-hybridized carbons (Fsp3) is 0.571. The Bertz CT molecular complexity index is 325. The SMILES string of the molecule is CC(C)c1ccc(COCCC(C)(F)F)cc1. The lowest BCUT2D eigenvalue weighted by Gasteiger charge is -2.11. The highest BCUT2D eigenvalue weighted by Crippen LogP contribution is 2.17. The van der Waals surface area contributed by atoms with Gasteiger partial charge in [0.2, 0.25) is 5.92 Å². The van der Waals surface area contributed by atoms with Crippen LogP contribution in [0.2, 0.25) is 0 Å². The normalized spacial score (nSPS) is 12.1. The van der Waals surface area contributed by atoms with E-state index in [1.54, 1.807) is 0 Å². The molecule has 0 unspecified atom stereocenters. The highest BCUT2D eigenvalue weighted by atomic mass is 19.3. The number of alkyl halides is 2. The van der Waals surface area contributed by atoms with Crippen molar-refractivity contribution in [3.05, 3.63) is 35.4 Å². The Hall–Kier alpha value is -0.960. The average Bonchev–Trinajstić information content (AvgIpc) is 2.24. The maximum Gasteiger partial charge on any atom is 0.247 e. The molecular weight excluding hydrogens is 222 g/mol. The fourth-order valence-electron chi connectivity index (χ4n) is 1.44. The van der Waals surface area contributed by atoms with Crippen LogP contribution in [-0.4, -0.2) is 12.5 Å². The van der Waals surface area contributed by atoms with E-state index in [4.69, 9.17) is 4.74 Å². The summed E-state index contributed by atoms with van der Waals surface area (Å²) in [6.07, 6.45) is -0.225. The smallest absolute Gasteiger partial charge is 0.247 e. The number of halogens is 2. The zero-order chi connectivity index (χ0) is 12.9. The zero-order valence-electron chi connectivity index (χ0n) is 10.7. The molecule has 1 aromatic rings. The summed E-state index contributed by atoms with van der Waals surface area (Å²) in [4.78, 5) is 0. The molecule has 0 spiro atoms. The van der Waals surface area contributed by atoms with E-state index < -0.39 is 5.92 Å². The maximum atomic E-state index is 12.5. The van der Waals surface area contributed by atoms with Gasteiger partial charge >= 0.3 is 0 Å². The molecule has 0 aliphatic heterocycles. The van der Waals surface area contributed by atoms with E-state index in [1.807, 2.05) is 12.1 Å². The van der Waals surface area contributed by atoms with Crippen LogP contribution >= 0.6 is 0 Å². The summed E-state index contributed by atoms with van der Waals surface area (Å²) in [6.45, 7) is 5.67. The minimum absolute atomic E-state index is 0.0927. The minimum atomic E-state index is -2.64. The van der Waals surface area contributed by atoms with Crippen LogP contribution < -0.4 is 0 Å². The van der Waals surface area contributed by atoms with Crippen LogP contribution in [0.3, 0.4) is 0 Å². The summed E-state index contributed by atoms with van der Waals surface area (Å²) < 4.78 is 30.2. The van der Waals surface area contributed by atoms with E-state index >= 15 is 0 Å². The predicted molar refractivity (Wildman–Crippen MR) is 65.4 cm³/mol. The van der Waals surface area contributed by atoms with E-state index in [-0.39, 0.29) is 13.0 Å². The lowest BCUT2D eigenvalue weighted by Crippen LogP contribution is -2.13. The Morgan fingerprint density at radius 1 is 1.18 bits per heavy atom. The van der Waals surface area contributed by atoms with E-state index in [1.165, 1.54) is 5.56 Å². The maximum absolute atomic E-state index is 12.5. The summed E-state index contributed by atoms with van der Waals surface area (Å²) in [5.74, 6) is -2.13. The van der Waals surface area contributed by atoms with Gasteiger partial charge in [0.25, 0.3) is 0 Å². The lowest BCUT2D eigenvalue weighted by atomic mass is 10.0. The molecule has 0 fully saturated rings. The van der Waals surface area contributed by atoms with Crippen LogP contribution in [0, 0.1) is 0 Å². The molecule has 0 radical (unpaired) electrons. The van der Waals surface area contributed by atoms with Gasteiger partial charge in [-0.1, -0.05) is 38.1 Å². The highest BCUT2D eigenvalue weighted by molar-refractivity contribution is 5.24. The van der Waals surface area contributed by atoms with E-state index in [2.05, 4.69) is 26.0 Å². The Balaban J connectivity index is 2.33. The van der Waals surface area contributed by atoms with Crippen LogP contribution in [0.1, 0.15) is 44.2 Å². The number of benzene rings is 1. The van der Waals surface area contributed by atoms with E-state index in [0.29, 0.717) is 12.5 Å². The number of hydrogen-bond donors (Lipinski definition) is 0. The number of hydrogen-bond acceptors (Lipinski definition) is 1. The largest absolute Gasteiger partial charge is 0.377 e. The van der Waals surface area contributed by atoms with Crippen molar-refractivity contribution in [2.45, 2.75) is 45.6 Å². The van der Waals surface area contributed by atoms with Crippen molar-refractivity contribution in [3.63, 3.8) is 0 Å². The topological polar surface area (TPSA) is 9.23 Å². The lowest BCUT2D eigenvalue weighted by molar-refractivity contribution is -0.0193. The molecule has 0 aromatic heterocycles. The molecule has 0 saturated carbocycles. The van der Waals surface area contributed by atoms with Crippen molar-refractivity contribution in [2.24, 2.45) is 0 Å². The third-order valence-electron chi connectivity index (χ3n) is 2.60. The van der Waals surface area contributed by atoms with Crippen molar-refractivity contribution in [2.75, 3.05) is 6.61 Å². The molecule has 1 nitrogen and oxygen atoms in total. The number of rotatable bonds is 6. The molecule has 0 saturated heterocycles. The van der Waals surface area contributed by atoms with Crippen LogP contribution in [-0.2, 0) is 11.3 Å². The van der Waals surface area contributed by atoms with Gasteiger partial charge in [0.1, 0.15) is 0 Å². The molecule has 0 bridgehead atoms. The van der Waals surface area contributed by atoms with Crippen molar-refractivity contribution in [3.8, 4) is 0 Å². The molecular formula is C14H20F2O. The second kappa shape index (κ2) is 6.10. The van der Waals surface area contributed by atoms with E-state index in [9.17, 15) is 8.78 Å². The van der Waals surface area contributed by atoms with Crippen LogP contribution in [0.4, 0.5) is 8.78 Å². The van der Waals surface area contributed by atoms with Crippen LogP contribution in [0.5, 0.6) is 0 Å². The van der Waals surface area contributed by atoms with Crippen molar-refractivity contribution in [1.82, 2.24) is 0 Å². The minimum Gasteiger partial charge on any atom is -0.377 e. The molecule has 1 rings (SSSR count). The van der Waals surface area contributed by atoms with Gasteiger partial charge in [-0.2, -0.15) is 0 Å². The first-order chi connectivity index (χ1) is 7.88. The summed E-state index contributed by atoms with van der Waals surface area (Å²) in [5.41, 5.74) is 2.29. The van der Waals surface area contributed by atoms with E-state index in [0.717, 1.165) is 12.5 Å². The second-order valence-electron chi connectivity index (χ2n) is 4.77. The molecule has 17 heavy (non-hydrogen) atoms. The fourth-order valence-corrected chi connectivity index (χ4v) is 1.44. The Labute approximate surface area is 102 Å². The van der Waals surface area contributed by atoms with Gasteiger partial charge in [0.15, 0.2) is 0 Å². The summed E-state index contributed by atoms with van der Waals surface area (Å²) >= 11 is 0. The van der Waals surface area contributed by atoms with Gasteiger partial charge < -0.3 is 4.74 Å². The van der Waals surface area contributed by atoms with Crippen LogP contribution in [0.25, 0.3) is 0 Å². The van der Waals surface area contributed by atoms with Crippen molar-refractivity contribution < 1.29 is 13.5 Å². The molecule has 0 aliphatic carbocycles. The molecule has 1 aromatic carbocycles. The molecule has 96 valence electrons. The van der Waals surface area contributed by atoms with Crippen molar-refractivity contribution in [1.29, 1.82) is 0 Å². The Morgan fingerprint density at radius 2 is 1.76 bits per heavy atom. The second-order valence-corrected chi connectivity index (χ2v) is 4.77. The Kier molecular flexibility index (Phi) is 5.06. The standard InChI is InChI=1S/C14H20F2O/c1-11(2)13-6-4-12(5-7-13)10-17-9-8-14(3,15)16/h4-7,11H,8-10H2,1-3H3. The first kappa shape index (κ1) is 14.1. The van der Waals surface area contributed by atoms with Gasteiger partial charge in [-0.15, -0.1) is 0 Å². The van der Waals surface area contributed by atoms with Crippen LogP contribution in [0.15, 0.2) is 24.3 Å². The van der Waals surface area contributed by atoms with Crippen molar-refractivity contribution >= 4 is 0 Å². The first-order valence-corrected chi connectivity index (χ1v) is 5.93. The molecule has 0 heterocycles. The van der Waals surface area contributed by atoms with Gasteiger partial charge in [-0.3, -0.25) is 0 Å². The quantitative estimate of drug-likeness (QED) is 0.673. The van der Waals surface area contributed by atoms with Gasteiger partial charge in [-0.25, -0.2) is 8.78 Å². The first-order valence-electron chi connectivity index (χ1n) is 5.93. The van der Waals surface area contributed by atoms with Gasteiger partial charge in [0, 0.05) is 6.42 Å². The summed E-state index contributed by atoms with van der Waals surface area (Å²) in [5, 5.41) is 0. The monoisotopic (exact) mass is 242 g/mol. The molecule has 0 atom stereocenters. The summed E-state index contributed by atoms with van der Waals surface area (Å²) in [7, 11) is 0. The average molecular weight is 242 g/mol. The third kappa shape index (κ3) is 5.78. The molecule has 0 amide bonds. The van der Waals surface area contributed by atoms with Gasteiger partial charge in [0.05, 0.1) is 13.2 Å². The molecule has 3 heteroatoms. The number of ether oxygens (including phenoxy) is 1. The third-order valence-corrected chi connectivity index (χ3v) is 2.60. The molecule has 0 N–H and O–H groups in total. The summed E-state index contributed by atoms with van der Waals surface area (Å²) in [6, 6.07) is 8.08.